The zero-order valence-electron chi connectivity index (χ0n) is 14.3. The van der Waals surface area contributed by atoms with Gasteiger partial charge in [-0.1, -0.05) is 30.3 Å². The van der Waals surface area contributed by atoms with Gasteiger partial charge in [-0.2, -0.15) is 0 Å². The summed E-state index contributed by atoms with van der Waals surface area (Å²) >= 11 is 0. The van der Waals surface area contributed by atoms with Crippen molar-refractivity contribution < 1.29 is 34.0 Å². The third-order valence-electron chi connectivity index (χ3n) is 4.06. The maximum absolute atomic E-state index is 11.7. The molecule has 0 fully saturated rings. The standard InChI is InChI=1S/C19H19NO7/c21-9-13-6-16-17(27-11-26-16)7-14(13)18(23)15(22)8-20-19(24)25-10-12-4-2-1-3-5-12/h1-7,9,15,18,22-23H,8,10-11H2,(H,20,24). The molecule has 0 radical (unpaired) electrons. The number of aliphatic hydroxyl groups is 2. The normalized spacial score (nSPS) is 14.3. The summed E-state index contributed by atoms with van der Waals surface area (Å²) in [6.07, 6.45) is -2.94. The summed E-state index contributed by atoms with van der Waals surface area (Å²) in [5.41, 5.74) is 1.17. The molecule has 0 bridgehead atoms. The molecule has 0 spiro atoms. The highest BCUT2D eigenvalue weighted by Gasteiger charge is 2.26. The fraction of sp³-hybridized carbons (Fsp3) is 0.263. The highest BCUT2D eigenvalue weighted by molar-refractivity contribution is 5.79. The maximum Gasteiger partial charge on any atom is 0.407 e. The van der Waals surface area contributed by atoms with E-state index in [1.807, 2.05) is 30.3 Å². The van der Waals surface area contributed by atoms with Crippen LogP contribution in [0.2, 0.25) is 0 Å². The molecule has 1 heterocycles. The predicted molar refractivity (Wildman–Crippen MR) is 93.5 cm³/mol. The van der Waals surface area contributed by atoms with Gasteiger partial charge in [0, 0.05) is 12.1 Å². The van der Waals surface area contributed by atoms with Gasteiger partial charge in [-0.15, -0.1) is 0 Å². The molecular formula is C19H19NO7. The number of hydrogen-bond acceptors (Lipinski definition) is 7. The summed E-state index contributed by atoms with van der Waals surface area (Å²) in [7, 11) is 0. The van der Waals surface area contributed by atoms with Crippen LogP contribution < -0.4 is 14.8 Å². The van der Waals surface area contributed by atoms with E-state index in [1.165, 1.54) is 12.1 Å². The van der Waals surface area contributed by atoms with Gasteiger partial charge in [-0.3, -0.25) is 4.79 Å². The number of hydrogen-bond donors (Lipinski definition) is 3. The molecule has 2 unspecified atom stereocenters. The molecule has 8 heteroatoms. The number of benzene rings is 2. The largest absolute Gasteiger partial charge is 0.454 e. The van der Waals surface area contributed by atoms with Gasteiger partial charge in [0.15, 0.2) is 17.8 Å². The molecule has 1 amide bonds. The summed E-state index contributed by atoms with van der Waals surface area (Å²) in [4.78, 5) is 23.0. The van der Waals surface area contributed by atoms with Crippen molar-refractivity contribution >= 4 is 12.4 Å². The second-order valence-corrected chi connectivity index (χ2v) is 5.91. The van der Waals surface area contributed by atoms with E-state index in [2.05, 4.69) is 5.32 Å². The lowest BCUT2D eigenvalue weighted by Crippen LogP contribution is -2.36. The molecule has 2 aromatic rings. The van der Waals surface area contributed by atoms with Crippen molar-refractivity contribution in [2.75, 3.05) is 13.3 Å². The third kappa shape index (κ3) is 4.55. The molecule has 142 valence electrons. The summed E-state index contributed by atoms with van der Waals surface area (Å²) < 4.78 is 15.4. The molecule has 3 rings (SSSR count). The first-order valence-electron chi connectivity index (χ1n) is 8.28. The average Bonchev–Trinajstić information content (AvgIpc) is 3.17. The van der Waals surface area contributed by atoms with E-state index in [0.29, 0.717) is 17.8 Å². The number of aliphatic hydroxyl groups excluding tert-OH is 2. The minimum absolute atomic E-state index is 0.0184. The topological polar surface area (TPSA) is 114 Å². The van der Waals surface area contributed by atoms with E-state index in [1.54, 1.807) is 0 Å². The third-order valence-corrected chi connectivity index (χ3v) is 4.06. The molecule has 27 heavy (non-hydrogen) atoms. The number of carbonyl (C=O) groups is 2. The zero-order chi connectivity index (χ0) is 19.2. The number of aldehydes is 1. The molecule has 0 aromatic heterocycles. The van der Waals surface area contributed by atoms with Crippen LogP contribution >= 0.6 is 0 Å². The van der Waals surface area contributed by atoms with E-state index in [-0.39, 0.29) is 31.1 Å². The summed E-state index contributed by atoms with van der Waals surface area (Å²) in [5, 5.41) is 22.9. The minimum atomic E-state index is -1.41. The molecule has 0 saturated heterocycles. The van der Waals surface area contributed by atoms with Gasteiger partial charge in [0.1, 0.15) is 18.8 Å². The zero-order valence-corrected chi connectivity index (χ0v) is 14.3. The Morgan fingerprint density at radius 2 is 1.89 bits per heavy atom. The van der Waals surface area contributed by atoms with Crippen molar-refractivity contribution in [1.29, 1.82) is 0 Å². The van der Waals surface area contributed by atoms with Crippen molar-refractivity contribution in [2.45, 2.75) is 18.8 Å². The molecule has 2 atom stereocenters. The molecule has 1 aliphatic rings. The molecule has 3 N–H and O–H groups in total. The van der Waals surface area contributed by atoms with Gasteiger partial charge in [-0.05, 0) is 23.3 Å². The first-order chi connectivity index (χ1) is 13.1. The Bertz CT molecular complexity index is 809. The van der Waals surface area contributed by atoms with Crippen molar-refractivity contribution in [3.63, 3.8) is 0 Å². The predicted octanol–water partition coefficient (Wildman–Crippen LogP) is 1.55. The van der Waals surface area contributed by atoms with E-state index >= 15 is 0 Å². The second-order valence-electron chi connectivity index (χ2n) is 5.91. The van der Waals surface area contributed by atoms with Crippen molar-refractivity contribution in [3.8, 4) is 11.5 Å². The number of carbonyl (C=O) groups excluding carboxylic acids is 2. The Morgan fingerprint density at radius 3 is 2.59 bits per heavy atom. The fourth-order valence-corrected chi connectivity index (χ4v) is 2.61. The van der Waals surface area contributed by atoms with Crippen molar-refractivity contribution in [3.05, 3.63) is 59.2 Å². The molecule has 1 aliphatic heterocycles. The Hall–Kier alpha value is -3.10. The van der Waals surface area contributed by atoms with Crippen LogP contribution in [-0.2, 0) is 11.3 Å². The van der Waals surface area contributed by atoms with E-state index in [0.717, 1.165) is 5.56 Å². The van der Waals surface area contributed by atoms with Gasteiger partial charge in [0.2, 0.25) is 6.79 Å². The molecule has 0 aliphatic carbocycles. The first-order valence-corrected chi connectivity index (χ1v) is 8.28. The molecule has 2 aromatic carbocycles. The minimum Gasteiger partial charge on any atom is -0.454 e. The number of ether oxygens (including phenoxy) is 3. The van der Waals surface area contributed by atoms with Crippen molar-refractivity contribution in [2.24, 2.45) is 0 Å². The number of alkyl carbamates (subject to hydrolysis) is 1. The molecule has 8 nitrogen and oxygen atoms in total. The number of amides is 1. The smallest absolute Gasteiger partial charge is 0.407 e. The van der Waals surface area contributed by atoms with Crippen LogP contribution in [0.3, 0.4) is 0 Å². The average molecular weight is 373 g/mol. The Labute approximate surface area is 155 Å². The van der Waals surface area contributed by atoms with Crippen LogP contribution in [0.5, 0.6) is 11.5 Å². The monoisotopic (exact) mass is 373 g/mol. The van der Waals surface area contributed by atoms with Crippen LogP contribution in [0, 0.1) is 0 Å². The lowest BCUT2D eigenvalue weighted by atomic mass is 9.98. The number of nitrogens with one attached hydrogen (secondary N) is 1. The van der Waals surface area contributed by atoms with Crippen LogP contribution in [0.4, 0.5) is 4.79 Å². The quantitative estimate of drug-likeness (QED) is 0.631. The molecular weight excluding hydrogens is 354 g/mol. The van der Waals surface area contributed by atoms with Gasteiger partial charge in [-0.25, -0.2) is 4.79 Å². The van der Waals surface area contributed by atoms with Gasteiger partial charge < -0.3 is 29.7 Å². The Balaban J connectivity index is 1.55. The van der Waals surface area contributed by atoms with Crippen LogP contribution in [0.15, 0.2) is 42.5 Å². The van der Waals surface area contributed by atoms with E-state index in [9.17, 15) is 19.8 Å². The lowest BCUT2D eigenvalue weighted by Gasteiger charge is -2.20. The Kier molecular flexibility index (Phi) is 5.90. The summed E-state index contributed by atoms with van der Waals surface area (Å²) in [5.74, 6) is 0.766. The number of fused-ring (bicyclic) bond motifs is 1. The van der Waals surface area contributed by atoms with Crippen LogP contribution in [0.25, 0.3) is 0 Å². The fourth-order valence-electron chi connectivity index (χ4n) is 2.61. The number of rotatable bonds is 7. The van der Waals surface area contributed by atoms with Crippen LogP contribution in [0.1, 0.15) is 27.6 Å². The summed E-state index contributed by atoms with van der Waals surface area (Å²) in [6, 6.07) is 12.0. The van der Waals surface area contributed by atoms with Gasteiger partial charge in [0.25, 0.3) is 0 Å². The van der Waals surface area contributed by atoms with Crippen LogP contribution in [-0.4, -0.2) is 42.0 Å². The highest BCUT2D eigenvalue weighted by atomic mass is 16.7. The maximum atomic E-state index is 11.7. The van der Waals surface area contributed by atoms with Crippen molar-refractivity contribution in [1.82, 2.24) is 5.32 Å². The van der Waals surface area contributed by atoms with E-state index < -0.39 is 18.3 Å². The highest BCUT2D eigenvalue weighted by Crippen LogP contribution is 2.36. The summed E-state index contributed by atoms with van der Waals surface area (Å²) in [6.45, 7) is -0.158. The van der Waals surface area contributed by atoms with Gasteiger partial charge in [0.05, 0.1) is 0 Å². The Morgan fingerprint density at radius 1 is 1.19 bits per heavy atom. The van der Waals surface area contributed by atoms with Gasteiger partial charge >= 0.3 is 6.09 Å². The first kappa shape index (κ1) is 18.7. The SMILES string of the molecule is O=Cc1cc2c(cc1C(O)C(O)CNC(=O)OCc1ccccc1)OCO2. The van der Waals surface area contributed by atoms with E-state index in [4.69, 9.17) is 14.2 Å². The molecule has 0 saturated carbocycles. The lowest BCUT2D eigenvalue weighted by molar-refractivity contribution is 0.0180. The second kappa shape index (κ2) is 8.52.